The van der Waals surface area contributed by atoms with Crippen LogP contribution in [0.3, 0.4) is 0 Å². The first-order valence-electron chi connectivity index (χ1n) is 6.20. The molecule has 0 radical (unpaired) electrons. The maximum absolute atomic E-state index is 6.01. The first kappa shape index (κ1) is 14.3. The summed E-state index contributed by atoms with van der Waals surface area (Å²) in [6.45, 7) is 10.4. The number of anilines is 1. The summed E-state index contributed by atoms with van der Waals surface area (Å²) in [7, 11) is 0. The lowest BCUT2D eigenvalue weighted by molar-refractivity contribution is 0.569. The summed E-state index contributed by atoms with van der Waals surface area (Å²) < 4.78 is 0. The monoisotopic (exact) mass is 254 g/mol. The van der Waals surface area contributed by atoms with Gasteiger partial charge >= 0.3 is 0 Å². The van der Waals surface area contributed by atoms with E-state index >= 15 is 0 Å². The van der Waals surface area contributed by atoms with Crippen LogP contribution in [0.15, 0.2) is 18.2 Å². The van der Waals surface area contributed by atoms with E-state index in [9.17, 15) is 0 Å². The maximum atomic E-state index is 6.01. The van der Waals surface area contributed by atoms with Crippen LogP contribution in [0.5, 0.6) is 0 Å². The Morgan fingerprint density at radius 2 is 1.88 bits per heavy atom. The standard InChI is InChI=1S/C14H23ClN2/c1-10(2)9-17(11(3)4)14-6-5-13(15)7-12(14)8-16/h5-7,10-11H,8-9,16H2,1-4H3. The molecular formula is C14H23ClN2. The van der Waals surface area contributed by atoms with E-state index in [0.717, 1.165) is 17.1 Å². The maximum Gasteiger partial charge on any atom is 0.0415 e. The van der Waals surface area contributed by atoms with Crippen molar-refractivity contribution in [1.29, 1.82) is 0 Å². The molecule has 0 amide bonds. The molecule has 2 nitrogen and oxygen atoms in total. The zero-order valence-corrected chi connectivity index (χ0v) is 12.0. The first-order chi connectivity index (χ1) is 7.95. The van der Waals surface area contributed by atoms with Gasteiger partial charge in [0.2, 0.25) is 0 Å². The zero-order valence-electron chi connectivity index (χ0n) is 11.2. The van der Waals surface area contributed by atoms with Gasteiger partial charge in [0.05, 0.1) is 0 Å². The Balaban J connectivity index is 3.08. The molecule has 0 unspecified atom stereocenters. The second-order valence-electron chi connectivity index (χ2n) is 5.12. The third kappa shape index (κ3) is 3.90. The van der Waals surface area contributed by atoms with Crippen LogP contribution >= 0.6 is 11.6 Å². The van der Waals surface area contributed by atoms with E-state index < -0.39 is 0 Å². The van der Waals surface area contributed by atoms with Gasteiger partial charge in [-0.15, -0.1) is 0 Å². The summed E-state index contributed by atoms with van der Waals surface area (Å²) in [5.74, 6) is 0.624. The van der Waals surface area contributed by atoms with Crippen LogP contribution in [0, 0.1) is 5.92 Å². The van der Waals surface area contributed by atoms with E-state index in [0.29, 0.717) is 18.5 Å². The van der Waals surface area contributed by atoms with Crippen LogP contribution in [-0.2, 0) is 6.54 Å². The molecule has 0 aliphatic heterocycles. The largest absolute Gasteiger partial charge is 0.369 e. The number of hydrogen-bond acceptors (Lipinski definition) is 2. The highest BCUT2D eigenvalue weighted by molar-refractivity contribution is 6.30. The highest BCUT2D eigenvalue weighted by Gasteiger charge is 2.15. The fourth-order valence-electron chi connectivity index (χ4n) is 1.98. The third-order valence-electron chi connectivity index (χ3n) is 2.76. The number of nitrogens with two attached hydrogens (primary N) is 1. The SMILES string of the molecule is CC(C)CN(c1ccc(Cl)cc1CN)C(C)C. The van der Waals surface area contributed by atoms with Gasteiger partial charge in [-0.3, -0.25) is 0 Å². The molecule has 1 aromatic rings. The smallest absolute Gasteiger partial charge is 0.0415 e. The lowest BCUT2D eigenvalue weighted by atomic mass is 10.1. The molecule has 96 valence electrons. The quantitative estimate of drug-likeness (QED) is 0.869. The summed E-state index contributed by atoms with van der Waals surface area (Å²) in [6.07, 6.45) is 0. The second kappa shape index (κ2) is 6.27. The molecule has 0 bridgehead atoms. The highest BCUT2D eigenvalue weighted by Crippen LogP contribution is 2.26. The molecule has 0 heterocycles. The predicted molar refractivity (Wildman–Crippen MR) is 76.7 cm³/mol. The third-order valence-corrected chi connectivity index (χ3v) is 2.99. The molecule has 0 fully saturated rings. The van der Waals surface area contributed by atoms with Crippen molar-refractivity contribution in [2.24, 2.45) is 11.7 Å². The number of halogens is 1. The van der Waals surface area contributed by atoms with Crippen LogP contribution in [0.4, 0.5) is 5.69 Å². The Hall–Kier alpha value is -0.730. The van der Waals surface area contributed by atoms with Crippen molar-refractivity contribution in [2.45, 2.75) is 40.3 Å². The van der Waals surface area contributed by atoms with E-state index in [2.05, 4.69) is 38.7 Å². The van der Waals surface area contributed by atoms with Crippen molar-refractivity contribution in [3.63, 3.8) is 0 Å². The number of nitrogens with zero attached hydrogens (tertiary/aromatic N) is 1. The van der Waals surface area contributed by atoms with Gasteiger partial charge in [0.15, 0.2) is 0 Å². The molecule has 17 heavy (non-hydrogen) atoms. The zero-order chi connectivity index (χ0) is 13.0. The molecule has 0 saturated carbocycles. The van der Waals surface area contributed by atoms with E-state index in [1.807, 2.05) is 12.1 Å². The summed E-state index contributed by atoms with van der Waals surface area (Å²) in [5, 5.41) is 0.752. The van der Waals surface area contributed by atoms with Crippen molar-refractivity contribution < 1.29 is 0 Å². The van der Waals surface area contributed by atoms with Gasteiger partial charge < -0.3 is 10.6 Å². The average Bonchev–Trinajstić information content (AvgIpc) is 2.25. The van der Waals surface area contributed by atoms with Crippen LogP contribution < -0.4 is 10.6 Å². The summed E-state index contributed by atoms with van der Waals surface area (Å²) >= 11 is 6.01. The topological polar surface area (TPSA) is 29.3 Å². The molecular weight excluding hydrogens is 232 g/mol. The molecule has 0 aliphatic rings. The molecule has 0 saturated heterocycles. The van der Waals surface area contributed by atoms with Gasteiger partial charge in [0.25, 0.3) is 0 Å². The fourth-order valence-corrected chi connectivity index (χ4v) is 2.17. The van der Waals surface area contributed by atoms with E-state index in [-0.39, 0.29) is 0 Å². The summed E-state index contributed by atoms with van der Waals surface area (Å²) in [5.41, 5.74) is 8.13. The van der Waals surface area contributed by atoms with Gasteiger partial charge in [-0.25, -0.2) is 0 Å². The van der Waals surface area contributed by atoms with Gasteiger partial charge in [0.1, 0.15) is 0 Å². The fraction of sp³-hybridized carbons (Fsp3) is 0.571. The van der Waals surface area contributed by atoms with Crippen molar-refractivity contribution in [3.8, 4) is 0 Å². The van der Waals surface area contributed by atoms with E-state index in [1.54, 1.807) is 0 Å². The number of hydrogen-bond donors (Lipinski definition) is 1. The average molecular weight is 255 g/mol. The van der Waals surface area contributed by atoms with Crippen LogP contribution in [0.25, 0.3) is 0 Å². The summed E-state index contributed by atoms with van der Waals surface area (Å²) in [6, 6.07) is 6.44. The minimum atomic E-state index is 0.462. The molecule has 3 heteroatoms. The normalized spacial score (nSPS) is 11.3. The molecule has 1 aromatic carbocycles. The van der Waals surface area contributed by atoms with Gasteiger partial charge in [-0.2, -0.15) is 0 Å². The number of rotatable bonds is 5. The van der Waals surface area contributed by atoms with Crippen molar-refractivity contribution in [3.05, 3.63) is 28.8 Å². The van der Waals surface area contributed by atoms with Crippen LogP contribution in [-0.4, -0.2) is 12.6 Å². The molecule has 2 N–H and O–H groups in total. The molecule has 0 atom stereocenters. The molecule has 0 aliphatic carbocycles. The Kier molecular flexibility index (Phi) is 5.29. The minimum Gasteiger partial charge on any atom is -0.369 e. The van der Waals surface area contributed by atoms with Crippen LogP contribution in [0.1, 0.15) is 33.3 Å². The van der Waals surface area contributed by atoms with Crippen molar-refractivity contribution in [1.82, 2.24) is 0 Å². The number of benzene rings is 1. The predicted octanol–water partition coefficient (Wildman–Crippen LogP) is 3.67. The molecule has 1 rings (SSSR count). The second-order valence-corrected chi connectivity index (χ2v) is 5.55. The molecule has 0 aromatic heterocycles. The minimum absolute atomic E-state index is 0.462. The van der Waals surface area contributed by atoms with Gasteiger partial charge in [-0.1, -0.05) is 25.4 Å². The van der Waals surface area contributed by atoms with Gasteiger partial charge in [0, 0.05) is 29.8 Å². The first-order valence-corrected chi connectivity index (χ1v) is 6.58. The Morgan fingerprint density at radius 1 is 1.24 bits per heavy atom. The van der Waals surface area contributed by atoms with E-state index in [4.69, 9.17) is 17.3 Å². The van der Waals surface area contributed by atoms with Crippen molar-refractivity contribution >= 4 is 17.3 Å². The lowest BCUT2D eigenvalue weighted by Crippen LogP contribution is -2.35. The Morgan fingerprint density at radius 3 is 2.35 bits per heavy atom. The Labute approximate surface area is 110 Å². The van der Waals surface area contributed by atoms with Gasteiger partial charge in [-0.05, 0) is 43.5 Å². The lowest BCUT2D eigenvalue weighted by Gasteiger charge is -2.32. The summed E-state index contributed by atoms with van der Waals surface area (Å²) in [4.78, 5) is 2.39. The van der Waals surface area contributed by atoms with Crippen molar-refractivity contribution in [2.75, 3.05) is 11.4 Å². The Bertz CT molecular complexity index is 361. The van der Waals surface area contributed by atoms with E-state index in [1.165, 1.54) is 5.69 Å². The van der Waals surface area contributed by atoms with Crippen LogP contribution in [0.2, 0.25) is 5.02 Å². The molecule has 0 spiro atoms. The highest BCUT2D eigenvalue weighted by atomic mass is 35.5.